The largest absolute Gasteiger partial charge is 0.477 e. The molecule has 0 fully saturated rings. The summed E-state index contributed by atoms with van der Waals surface area (Å²) in [6.45, 7) is -0.0953. The Kier molecular flexibility index (Phi) is 2.83. The molecule has 2 aromatic heterocycles. The summed E-state index contributed by atoms with van der Waals surface area (Å²) in [6.07, 6.45) is 3.21. The van der Waals surface area contributed by atoms with E-state index in [9.17, 15) is 4.79 Å². The van der Waals surface area contributed by atoms with Crippen molar-refractivity contribution in [3.05, 3.63) is 36.3 Å². The minimum absolute atomic E-state index is 0.00889. The van der Waals surface area contributed by atoms with Crippen LogP contribution >= 0.6 is 0 Å². The molecular formula is C11H8N4O2. The molecule has 1 N–H and O–H groups in total. The molecule has 0 radical (unpaired) electrons. The maximum Gasteiger partial charge on any atom is 0.354 e. The van der Waals surface area contributed by atoms with Gasteiger partial charge in [0.05, 0.1) is 11.8 Å². The summed E-state index contributed by atoms with van der Waals surface area (Å²) < 4.78 is 1.16. The SMILES string of the molecule is N#CCn1nc(-c2cccnc2)cc1C(=O)O. The number of carboxylic acid groups (broad SMARTS) is 1. The molecule has 0 aliphatic rings. The molecule has 0 aliphatic heterocycles. The molecule has 17 heavy (non-hydrogen) atoms. The summed E-state index contributed by atoms with van der Waals surface area (Å²) >= 11 is 0. The molecule has 6 nitrogen and oxygen atoms in total. The third kappa shape index (κ3) is 2.13. The lowest BCUT2D eigenvalue weighted by Crippen LogP contribution is -2.08. The third-order valence-corrected chi connectivity index (χ3v) is 2.18. The first-order chi connectivity index (χ1) is 8.22. The number of hydrogen-bond donors (Lipinski definition) is 1. The summed E-state index contributed by atoms with van der Waals surface area (Å²) in [5.41, 5.74) is 1.20. The van der Waals surface area contributed by atoms with Gasteiger partial charge in [-0.1, -0.05) is 0 Å². The van der Waals surface area contributed by atoms with Gasteiger partial charge in [0.25, 0.3) is 0 Å². The van der Waals surface area contributed by atoms with E-state index in [2.05, 4.69) is 10.1 Å². The minimum Gasteiger partial charge on any atom is -0.477 e. The quantitative estimate of drug-likeness (QED) is 0.851. The van der Waals surface area contributed by atoms with Crippen molar-refractivity contribution in [3.63, 3.8) is 0 Å². The predicted molar refractivity (Wildman–Crippen MR) is 58.0 cm³/mol. The van der Waals surface area contributed by atoms with Crippen molar-refractivity contribution in [2.75, 3.05) is 0 Å². The second kappa shape index (κ2) is 4.45. The van der Waals surface area contributed by atoms with Crippen LogP contribution in [0.1, 0.15) is 10.5 Å². The maximum atomic E-state index is 11.0. The second-order valence-electron chi connectivity index (χ2n) is 3.28. The normalized spacial score (nSPS) is 9.82. The Morgan fingerprint density at radius 3 is 3.00 bits per heavy atom. The topological polar surface area (TPSA) is 91.8 Å². The summed E-state index contributed by atoms with van der Waals surface area (Å²) in [6, 6.07) is 6.80. The molecule has 0 saturated carbocycles. The molecule has 0 unspecified atom stereocenters. The average Bonchev–Trinajstić information content (AvgIpc) is 2.75. The van der Waals surface area contributed by atoms with Crippen molar-refractivity contribution >= 4 is 5.97 Å². The van der Waals surface area contributed by atoms with Gasteiger partial charge in [-0.2, -0.15) is 10.4 Å². The van der Waals surface area contributed by atoms with E-state index in [0.29, 0.717) is 11.3 Å². The number of rotatable bonds is 3. The molecule has 0 aromatic carbocycles. The number of nitriles is 1. The molecule has 0 amide bonds. The molecule has 6 heteroatoms. The number of carboxylic acids is 1. The molecule has 2 rings (SSSR count). The van der Waals surface area contributed by atoms with Crippen LogP contribution in [0.5, 0.6) is 0 Å². The van der Waals surface area contributed by atoms with Crippen molar-refractivity contribution in [2.24, 2.45) is 0 Å². The Hall–Kier alpha value is -2.68. The van der Waals surface area contributed by atoms with Gasteiger partial charge in [-0.15, -0.1) is 0 Å². The van der Waals surface area contributed by atoms with E-state index >= 15 is 0 Å². The number of hydrogen-bond acceptors (Lipinski definition) is 4. The van der Waals surface area contributed by atoms with E-state index in [-0.39, 0.29) is 12.2 Å². The standard InChI is InChI=1S/C11H8N4O2/c12-3-5-15-10(11(16)17)6-9(14-15)8-2-1-4-13-7-8/h1-2,4,6-7H,5H2,(H,16,17). The minimum atomic E-state index is -1.11. The number of nitrogens with zero attached hydrogens (tertiary/aromatic N) is 4. The fraction of sp³-hybridized carbons (Fsp3) is 0.0909. The van der Waals surface area contributed by atoms with Gasteiger partial charge in [0.2, 0.25) is 0 Å². The predicted octanol–water partition coefficient (Wildman–Crippen LogP) is 1.17. The Balaban J connectivity index is 2.48. The van der Waals surface area contributed by atoms with Crippen molar-refractivity contribution in [1.82, 2.24) is 14.8 Å². The zero-order chi connectivity index (χ0) is 12.3. The lowest BCUT2D eigenvalue weighted by Gasteiger charge is -1.96. The van der Waals surface area contributed by atoms with Crippen molar-refractivity contribution < 1.29 is 9.90 Å². The summed E-state index contributed by atoms with van der Waals surface area (Å²) in [4.78, 5) is 14.9. The van der Waals surface area contributed by atoms with Crippen LogP contribution in [-0.2, 0) is 6.54 Å². The van der Waals surface area contributed by atoms with E-state index in [1.165, 1.54) is 6.07 Å². The first-order valence-corrected chi connectivity index (χ1v) is 4.81. The number of aromatic nitrogens is 3. The number of aromatic carboxylic acids is 1. The van der Waals surface area contributed by atoms with Crippen LogP contribution in [0.2, 0.25) is 0 Å². The van der Waals surface area contributed by atoms with Crippen molar-refractivity contribution in [3.8, 4) is 17.3 Å². The van der Waals surface area contributed by atoms with Gasteiger partial charge >= 0.3 is 5.97 Å². The van der Waals surface area contributed by atoms with E-state index in [1.807, 2.05) is 6.07 Å². The van der Waals surface area contributed by atoms with Gasteiger partial charge < -0.3 is 5.11 Å². The first-order valence-electron chi connectivity index (χ1n) is 4.81. The summed E-state index contributed by atoms with van der Waals surface area (Å²) in [7, 11) is 0. The Morgan fingerprint density at radius 2 is 2.41 bits per heavy atom. The van der Waals surface area contributed by atoms with Gasteiger partial charge in [0, 0.05) is 18.0 Å². The Bertz CT molecular complexity index is 583. The van der Waals surface area contributed by atoms with Crippen LogP contribution in [0.15, 0.2) is 30.6 Å². The molecule has 0 atom stereocenters. The highest BCUT2D eigenvalue weighted by Gasteiger charge is 2.14. The summed E-state index contributed by atoms with van der Waals surface area (Å²) in [5, 5.41) is 21.6. The maximum absolute atomic E-state index is 11.0. The fourth-order valence-electron chi connectivity index (χ4n) is 1.43. The van der Waals surface area contributed by atoms with Gasteiger partial charge in [0.15, 0.2) is 0 Å². The van der Waals surface area contributed by atoms with E-state index in [0.717, 1.165) is 4.68 Å². The van der Waals surface area contributed by atoms with Gasteiger partial charge in [-0.3, -0.25) is 4.98 Å². The van der Waals surface area contributed by atoms with Crippen LogP contribution < -0.4 is 0 Å². The van der Waals surface area contributed by atoms with Crippen LogP contribution in [0, 0.1) is 11.3 Å². The molecule has 2 aromatic rings. The molecule has 2 heterocycles. The highest BCUT2D eigenvalue weighted by Crippen LogP contribution is 2.17. The molecule has 0 bridgehead atoms. The Morgan fingerprint density at radius 1 is 1.59 bits per heavy atom. The zero-order valence-corrected chi connectivity index (χ0v) is 8.74. The van der Waals surface area contributed by atoms with Crippen LogP contribution in [0.4, 0.5) is 0 Å². The number of carbonyl (C=O) groups is 1. The fourth-order valence-corrected chi connectivity index (χ4v) is 1.43. The lowest BCUT2D eigenvalue weighted by atomic mass is 10.2. The summed E-state index contributed by atoms with van der Waals surface area (Å²) in [5.74, 6) is -1.11. The molecule has 0 spiro atoms. The highest BCUT2D eigenvalue weighted by atomic mass is 16.4. The lowest BCUT2D eigenvalue weighted by molar-refractivity contribution is 0.0684. The molecule has 84 valence electrons. The van der Waals surface area contributed by atoms with Gasteiger partial charge in [-0.05, 0) is 18.2 Å². The van der Waals surface area contributed by atoms with E-state index in [4.69, 9.17) is 10.4 Å². The molecular weight excluding hydrogens is 220 g/mol. The van der Waals surface area contributed by atoms with Gasteiger partial charge in [0.1, 0.15) is 12.2 Å². The highest BCUT2D eigenvalue weighted by molar-refractivity contribution is 5.87. The average molecular weight is 228 g/mol. The second-order valence-corrected chi connectivity index (χ2v) is 3.28. The smallest absolute Gasteiger partial charge is 0.354 e. The van der Waals surface area contributed by atoms with Crippen molar-refractivity contribution in [2.45, 2.75) is 6.54 Å². The van der Waals surface area contributed by atoms with E-state index in [1.54, 1.807) is 24.5 Å². The van der Waals surface area contributed by atoms with Crippen LogP contribution in [0.25, 0.3) is 11.3 Å². The van der Waals surface area contributed by atoms with Crippen LogP contribution in [-0.4, -0.2) is 25.8 Å². The third-order valence-electron chi connectivity index (χ3n) is 2.18. The van der Waals surface area contributed by atoms with E-state index < -0.39 is 5.97 Å². The monoisotopic (exact) mass is 228 g/mol. The number of pyridine rings is 1. The zero-order valence-electron chi connectivity index (χ0n) is 8.74. The molecule has 0 aliphatic carbocycles. The van der Waals surface area contributed by atoms with Gasteiger partial charge in [-0.25, -0.2) is 9.48 Å². The first kappa shape index (κ1) is 10.8. The molecule has 0 saturated heterocycles. The Labute approximate surface area is 96.8 Å². The van der Waals surface area contributed by atoms with Crippen molar-refractivity contribution in [1.29, 1.82) is 5.26 Å². The van der Waals surface area contributed by atoms with Crippen LogP contribution in [0.3, 0.4) is 0 Å².